The number of rotatable bonds is 8. The monoisotopic (exact) mass is 459 g/mol. The number of carbonyl (C=O) groups is 1. The van der Waals surface area contributed by atoms with E-state index in [1.807, 2.05) is 6.07 Å². The van der Waals surface area contributed by atoms with E-state index in [1.165, 1.54) is 28.1 Å². The molecule has 0 aliphatic carbocycles. The van der Waals surface area contributed by atoms with Crippen LogP contribution in [-0.2, 0) is 11.3 Å². The van der Waals surface area contributed by atoms with E-state index in [0.29, 0.717) is 27.4 Å². The van der Waals surface area contributed by atoms with Crippen molar-refractivity contribution in [1.82, 2.24) is 19.8 Å². The molecule has 1 amide bonds. The lowest BCUT2D eigenvalue weighted by Crippen LogP contribution is -2.27. The summed E-state index contributed by atoms with van der Waals surface area (Å²) >= 11 is 8.48. The van der Waals surface area contributed by atoms with Crippen molar-refractivity contribution in [3.8, 4) is 17.1 Å². The van der Waals surface area contributed by atoms with Gasteiger partial charge in [0.15, 0.2) is 5.82 Å². The molecule has 0 aliphatic heterocycles. The van der Waals surface area contributed by atoms with E-state index in [2.05, 4.69) is 14.9 Å². The van der Waals surface area contributed by atoms with Crippen LogP contribution in [0.3, 0.4) is 0 Å². The number of nitrogens with two attached hydrogens (primary N) is 1. The molecule has 0 saturated carbocycles. The number of thioether (sulfide) groups is 1. The zero-order valence-corrected chi connectivity index (χ0v) is 17.5. The molecule has 0 unspecified atom stereocenters. The molecule has 0 radical (unpaired) electrons. The van der Waals surface area contributed by atoms with E-state index in [4.69, 9.17) is 17.4 Å². The Morgan fingerprint density at radius 2 is 2.03 bits per heavy atom. The van der Waals surface area contributed by atoms with Crippen molar-refractivity contribution in [1.29, 1.82) is 0 Å². The summed E-state index contributed by atoms with van der Waals surface area (Å²) in [4.78, 5) is 14.9. The van der Waals surface area contributed by atoms with Crippen LogP contribution in [0, 0.1) is 0 Å². The summed E-state index contributed by atoms with van der Waals surface area (Å²) in [6.45, 7) is -2.43. The first-order chi connectivity index (χ1) is 13.8. The highest BCUT2D eigenvalue weighted by molar-refractivity contribution is 7.99. The molecule has 0 fully saturated rings. The molecule has 0 saturated heterocycles. The Bertz CT molecular complexity index is 981. The van der Waals surface area contributed by atoms with Crippen LogP contribution in [0.15, 0.2) is 41.6 Å². The van der Waals surface area contributed by atoms with Crippen LogP contribution < -0.4 is 10.6 Å². The first-order valence-electron chi connectivity index (χ1n) is 8.20. The van der Waals surface area contributed by atoms with Gasteiger partial charge in [0.05, 0.1) is 16.6 Å². The molecule has 0 aliphatic rings. The van der Waals surface area contributed by atoms with Crippen LogP contribution in [0.25, 0.3) is 11.4 Å². The molecule has 29 heavy (non-hydrogen) atoms. The maximum absolute atomic E-state index is 12.3. The second-order valence-electron chi connectivity index (χ2n) is 5.82. The van der Waals surface area contributed by atoms with Crippen molar-refractivity contribution in [3.63, 3.8) is 0 Å². The number of hydrogen-bond acceptors (Lipinski definition) is 7. The fraction of sp³-hybridized carbons (Fsp3) is 0.235. The summed E-state index contributed by atoms with van der Waals surface area (Å²) in [7, 11) is 1.71. The Morgan fingerprint density at radius 1 is 1.31 bits per heavy atom. The second kappa shape index (κ2) is 9.42. The molecular formula is C17H16ClF2N5O2S2. The summed E-state index contributed by atoms with van der Waals surface area (Å²) in [5.41, 5.74) is 0.575. The summed E-state index contributed by atoms with van der Waals surface area (Å²) < 4.78 is 30.7. The topological polar surface area (TPSA) is 86.3 Å². The van der Waals surface area contributed by atoms with Crippen molar-refractivity contribution < 1.29 is 18.3 Å². The molecule has 0 spiro atoms. The minimum absolute atomic E-state index is 0.0297. The van der Waals surface area contributed by atoms with Crippen molar-refractivity contribution in [2.75, 3.05) is 18.6 Å². The molecule has 12 heteroatoms. The number of ether oxygens (including phenoxy) is 1. The summed E-state index contributed by atoms with van der Waals surface area (Å²) in [5, 5.41) is 8.36. The Hall–Kier alpha value is -2.37. The van der Waals surface area contributed by atoms with Gasteiger partial charge in [-0.15, -0.1) is 21.5 Å². The van der Waals surface area contributed by atoms with E-state index < -0.39 is 6.61 Å². The van der Waals surface area contributed by atoms with Gasteiger partial charge in [-0.3, -0.25) is 4.79 Å². The Labute approximate surface area is 178 Å². The largest absolute Gasteiger partial charge is 0.435 e. The summed E-state index contributed by atoms with van der Waals surface area (Å²) in [6, 6.07) is 9.54. The SMILES string of the molecule is CN(Cc1ccc(Cl)s1)C(=O)CSc1nnc(-c2ccc(OC(F)F)cc2)n1N. The van der Waals surface area contributed by atoms with Crippen molar-refractivity contribution in [2.24, 2.45) is 0 Å². The molecule has 1 aromatic carbocycles. The number of amides is 1. The predicted molar refractivity (Wildman–Crippen MR) is 109 cm³/mol. The number of hydrogen-bond donors (Lipinski definition) is 1. The summed E-state index contributed by atoms with van der Waals surface area (Å²) in [5.74, 6) is 6.42. The number of halogens is 3. The quantitative estimate of drug-likeness (QED) is 0.408. The fourth-order valence-electron chi connectivity index (χ4n) is 2.35. The second-order valence-corrected chi connectivity index (χ2v) is 8.57. The van der Waals surface area contributed by atoms with Crippen molar-refractivity contribution in [2.45, 2.75) is 18.3 Å². The van der Waals surface area contributed by atoms with Gasteiger partial charge in [0.25, 0.3) is 0 Å². The average molecular weight is 460 g/mol. The molecular weight excluding hydrogens is 444 g/mol. The molecule has 2 N–H and O–H groups in total. The Balaban J connectivity index is 1.59. The highest BCUT2D eigenvalue weighted by Gasteiger charge is 2.16. The lowest BCUT2D eigenvalue weighted by Gasteiger charge is -2.15. The third-order valence-electron chi connectivity index (χ3n) is 3.77. The number of alkyl halides is 2. The highest BCUT2D eigenvalue weighted by atomic mass is 35.5. The lowest BCUT2D eigenvalue weighted by atomic mass is 10.2. The minimum atomic E-state index is -2.89. The Morgan fingerprint density at radius 3 is 2.66 bits per heavy atom. The average Bonchev–Trinajstić information content (AvgIpc) is 3.25. The number of benzene rings is 1. The summed E-state index contributed by atoms with van der Waals surface area (Å²) in [6.07, 6.45) is 0. The van der Waals surface area contributed by atoms with Crippen LogP contribution in [0.5, 0.6) is 5.75 Å². The smallest absolute Gasteiger partial charge is 0.387 e. The van der Waals surface area contributed by atoms with Gasteiger partial charge in [0.2, 0.25) is 11.1 Å². The van der Waals surface area contributed by atoms with Crippen LogP contribution in [0.2, 0.25) is 4.34 Å². The van der Waals surface area contributed by atoms with Gasteiger partial charge in [-0.25, -0.2) is 4.68 Å². The van der Waals surface area contributed by atoms with Gasteiger partial charge in [-0.2, -0.15) is 8.78 Å². The van der Waals surface area contributed by atoms with Crippen LogP contribution in [-0.4, -0.2) is 45.1 Å². The van der Waals surface area contributed by atoms with E-state index in [-0.39, 0.29) is 17.4 Å². The number of thiophene rings is 1. The molecule has 0 bridgehead atoms. The maximum Gasteiger partial charge on any atom is 0.387 e. The molecule has 3 rings (SSSR count). The first-order valence-corrected chi connectivity index (χ1v) is 10.4. The van der Waals surface area contributed by atoms with Gasteiger partial charge in [-0.1, -0.05) is 23.4 Å². The normalized spacial score (nSPS) is 11.1. The molecule has 2 aromatic heterocycles. The minimum Gasteiger partial charge on any atom is -0.435 e. The molecule has 0 atom stereocenters. The third kappa shape index (κ3) is 5.58. The van der Waals surface area contributed by atoms with E-state index in [0.717, 1.165) is 16.6 Å². The standard InChI is InChI=1S/C17H16ClF2N5O2S2/c1-24(8-12-6-7-13(18)29-12)14(26)9-28-17-23-22-15(25(17)21)10-2-4-11(5-3-10)27-16(19)20/h2-7,16H,8-9,21H2,1H3. The predicted octanol–water partition coefficient (Wildman–Crippen LogP) is 3.73. The van der Waals surface area contributed by atoms with Gasteiger partial charge in [0.1, 0.15) is 5.75 Å². The zero-order valence-electron chi connectivity index (χ0n) is 15.1. The van der Waals surface area contributed by atoms with Crippen LogP contribution >= 0.6 is 34.7 Å². The van der Waals surface area contributed by atoms with Crippen molar-refractivity contribution >= 4 is 40.6 Å². The molecule has 154 valence electrons. The van der Waals surface area contributed by atoms with Gasteiger partial charge < -0.3 is 15.5 Å². The lowest BCUT2D eigenvalue weighted by molar-refractivity contribution is -0.127. The third-order valence-corrected chi connectivity index (χ3v) is 5.92. The molecule has 2 heterocycles. The van der Waals surface area contributed by atoms with E-state index >= 15 is 0 Å². The maximum atomic E-state index is 12.3. The number of nitrogen functional groups attached to an aromatic ring is 1. The fourth-order valence-corrected chi connectivity index (χ4v) is 4.29. The number of nitrogens with zero attached hydrogens (tertiary/aromatic N) is 4. The van der Waals surface area contributed by atoms with E-state index in [9.17, 15) is 13.6 Å². The van der Waals surface area contributed by atoms with Crippen molar-refractivity contribution in [3.05, 3.63) is 45.6 Å². The van der Waals surface area contributed by atoms with Gasteiger partial charge in [-0.05, 0) is 36.4 Å². The Kier molecular flexibility index (Phi) is 6.93. The van der Waals surface area contributed by atoms with E-state index in [1.54, 1.807) is 30.1 Å². The highest BCUT2D eigenvalue weighted by Crippen LogP contribution is 2.25. The van der Waals surface area contributed by atoms with Gasteiger partial charge in [0, 0.05) is 17.5 Å². The zero-order chi connectivity index (χ0) is 21.0. The number of aromatic nitrogens is 3. The number of carbonyl (C=O) groups excluding carboxylic acids is 1. The molecule has 7 nitrogen and oxygen atoms in total. The van der Waals surface area contributed by atoms with Crippen LogP contribution in [0.1, 0.15) is 4.88 Å². The first kappa shape index (κ1) is 21.3. The molecule has 3 aromatic rings. The van der Waals surface area contributed by atoms with Gasteiger partial charge >= 0.3 is 6.61 Å². The van der Waals surface area contributed by atoms with Crippen LogP contribution in [0.4, 0.5) is 8.78 Å².